The topological polar surface area (TPSA) is 78.1 Å². The Morgan fingerprint density at radius 2 is 1.69 bits per heavy atom. The second-order valence-corrected chi connectivity index (χ2v) is 9.64. The van der Waals surface area contributed by atoms with Crippen LogP contribution in [0.25, 0.3) is 11.0 Å². The van der Waals surface area contributed by atoms with Crippen molar-refractivity contribution in [2.24, 2.45) is 0 Å². The molecule has 6 nitrogen and oxygen atoms in total. The Hall–Kier alpha value is -3.35. The molecule has 0 aliphatic carbocycles. The summed E-state index contributed by atoms with van der Waals surface area (Å²) in [6.45, 7) is 3.43. The first-order valence-electron chi connectivity index (χ1n) is 11.5. The molecule has 1 aliphatic rings. The predicted octanol–water partition coefficient (Wildman–Crippen LogP) is 5.93. The van der Waals surface area contributed by atoms with Gasteiger partial charge in [-0.25, -0.2) is 4.98 Å². The Bertz CT molecular complexity index is 1410. The molecular formula is C27H24Cl2N4O2. The number of aromatic nitrogens is 2. The first kappa shape index (κ1) is 23.4. The molecule has 2 N–H and O–H groups in total. The summed E-state index contributed by atoms with van der Waals surface area (Å²) in [6.07, 6.45) is 2.07. The minimum Gasteiger partial charge on any atom is -0.340 e. The van der Waals surface area contributed by atoms with Crippen LogP contribution in [-0.2, 0) is 0 Å². The van der Waals surface area contributed by atoms with Gasteiger partial charge in [0.05, 0.1) is 11.0 Å². The lowest BCUT2D eigenvalue weighted by atomic mass is 10.0. The molecule has 3 aromatic carbocycles. The molecule has 0 saturated carbocycles. The number of likely N-dealkylation sites (tertiary alicyclic amines) is 1. The van der Waals surface area contributed by atoms with Crippen LogP contribution >= 0.6 is 23.2 Å². The van der Waals surface area contributed by atoms with E-state index < -0.39 is 6.04 Å². The summed E-state index contributed by atoms with van der Waals surface area (Å²) < 4.78 is 0. The highest BCUT2D eigenvalue weighted by atomic mass is 35.5. The summed E-state index contributed by atoms with van der Waals surface area (Å²) in [5.74, 6) is 0.328. The third-order valence-corrected chi connectivity index (χ3v) is 6.81. The minimum absolute atomic E-state index is 0.0203. The maximum atomic E-state index is 13.3. The zero-order valence-corrected chi connectivity index (χ0v) is 20.7. The molecule has 0 spiro atoms. The summed E-state index contributed by atoms with van der Waals surface area (Å²) in [7, 11) is 0. The molecule has 1 saturated heterocycles. The lowest BCUT2D eigenvalue weighted by Crippen LogP contribution is -2.31. The molecule has 8 heteroatoms. The molecular weight excluding hydrogens is 483 g/mol. The van der Waals surface area contributed by atoms with E-state index in [0.717, 1.165) is 48.1 Å². The largest absolute Gasteiger partial charge is 0.340 e. The molecule has 2 heterocycles. The lowest BCUT2D eigenvalue weighted by molar-refractivity contribution is 0.0791. The van der Waals surface area contributed by atoms with Crippen LogP contribution in [0.3, 0.4) is 0 Å². The Balaban J connectivity index is 1.44. The first-order chi connectivity index (χ1) is 16.9. The van der Waals surface area contributed by atoms with Gasteiger partial charge in [-0.05, 0) is 79.4 Å². The van der Waals surface area contributed by atoms with Crippen LogP contribution < -0.4 is 5.32 Å². The smallest absolute Gasteiger partial charge is 0.254 e. The number of nitrogens with one attached hydrogen (secondary N) is 2. The summed E-state index contributed by atoms with van der Waals surface area (Å²) in [6, 6.07) is 17.3. The number of H-pyrrole nitrogens is 1. The minimum atomic E-state index is -0.544. The van der Waals surface area contributed by atoms with Crippen LogP contribution in [0.4, 0.5) is 0 Å². The van der Waals surface area contributed by atoms with Crippen LogP contribution in [0, 0.1) is 6.92 Å². The van der Waals surface area contributed by atoms with Crippen molar-refractivity contribution in [1.82, 2.24) is 20.2 Å². The fourth-order valence-electron chi connectivity index (χ4n) is 4.45. The maximum Gasteiger partial charge on any atom is 0.254 e. The van der Waals surface area contributed by atoms with Gasteiger partial charge in [0.1, 0.15) is 11.9 Å². The van der Waals surface area contributed by atoms with Gasteiger partial charge in [-0.1, -0.05) is 35.3 Å². The quantitative estimate of drug-likeness (QED) is 0.351. The number of aryl methyl sites for hydroxylation is 1. The Kier molecular flexibility index (Phi) is 6.50. The number of amides is 2. The van der Waals surface area contributed by atoms with E-state index >= 15 is 0 Å². The highest BCUT2D eigenvalue weighted by Gasteiger charge is 2.24. The van der Waals surface area contributed by atoms with Crippen LogP contribution in [-0.4, -0.2) is 39.8 Å². The van der Waals surface area contributed by atoms with Crippen LogP contribution in [0.5, 0.6) is 0 Å². The zero-order valence-electron chi connectivity index (χ0n) is 19.1. The molecule has 35 heavy (non-hydrogen) atoms. The number of carbonyl (C=O) groups is 2. The van der Waals surface area contributed by atoms with Crippen molar-refractivity contribution >= 4 is 46.0 Å². The molecule has 1 fully saturated rings. The average Bonchev–Trinajstić information content (AvgIpc) is 3.52. The molecule has 1 aliphatic heterocycles. The second-order valence-electron chi connectivity index (χ2n) is 8.77. The van der Waals surface area contributed by atoms with E-state index in [2.05, 4.69) is 15.3 Å². The molecule has 178 valence electrons. The molecule has 5 rings (SSSR count). The van der Waals surface area contributed by atoms with Crippen molar-refractivity contribution in [2.45, 2.75) is 25.8 Å². The number of imidazole rings is 1. The number of rotatable bonds is 5. The van der Waals surface area contributed by atoms with E-state index in [4.69, 9.17) is 23.2 Å². The molecule has 0 bridgehead atoms. The van der Waals surface area contributed by atoms with Crippen LogP contribution in [0.1, 0.15) is 56.6 Å². The van der Waals surface area contributed by atoms with Gasteiger partial charge < -0.3 is 15.2 Å². The summed E-state index contributed by atoms with van der Waals surface area (Å²) in [5.41, 5.74) is 4.23. The van der Waals surface area contributed by atoms with Gasteiger partial charge >= 0.3 is 0 Å². The third kappa shape index (κ3) is 4.90. The number of benzene rings is 3. The normalized spacial score (nSPS) is 14.3. The van der Waals surface area contributed by atoms with E-state index in [1.54, 1.807) is 42.5 Å². The molecule has 0 radical (unpaired) electrons. The Labute approximate surface area is 213 Å². The van der Waals surface area contributed by atoms with E-state index in [1.165, 1.54) is 0 Å². The van der Waals surface area contributed by atoms with Crippen molar-refractivity contribution in [1.29, 1.82) is 0 Å². The monoisotopic (exact) mass is 506 g/mol. The van der Waals surface area contributed by atoms with Gasteiger partial charge in [0.25, 0.3) is 11.8 Å². The number of hydrogen-bond acceptors (Lipinski definition) is 3. The fraction of sp³-hybridized carbons (Fsp3) is 0.222. The standard InChI is InChI=1S/C27H24Cl2N4O2/c1-16-14-18(6-10-21(16)27(35)33-12-2-3-13-33)26(34)32-24(17-4-7-19(28)8-5-17)25-30-22-11-9-20(29)15-23(22)31-25/h4-11,14-15,24H,2-3,12-13H2,1H3,(H,30,31)(H,32,34). The first-order valence-corrected chi connectivity index (χ1v) is 12.3. The highest BCUT2D eigenvalue weighted by Crippen LogP contribution is 2.26. The average molecular weight is 507 g/mol. The number of nitrogens with zero attached hydrogens (tertiary/aromatic N) is 2. The molecule has 1 aromatic heterocycles. The summed E-state index contributed by atoms with van der Waals surface area (Å²) in [4.78, 5) is 36.0. The molecule has 2 amide bonds. The predicted molar refractivity (Wildman–Crippen MR) is 138 cm³/mol. The Morgan fingerprint density at radius 1 is 0.971 bits per heavy atom. The van der Waals surface area contributed by atoms with Gasteiger partial charge in [-0.15, -0.1) is 0 Å². The van der Waals surface area contributed by atoms with Gasteiger partial charge in [-0.2, -0.15) is 0 Å². The number of fused-ring (bicyclic) bond motifs is 1. The highest BCUT2D eigenvalue weighted by molar-refractivity contribution is 6.31. The zero-order chi connectivity index (χ0) is 24.5. The van der Waals surface area contributed by atoms with E-state index in [0.29, 0.717) is 27.0 Å². The molecule has 1 atom stereocenters. The summed E-state index contributed by atoms with van der Waals surface area (Å²) in [5, 5.41) is 4.28. The number of carbonyl (C=O) groups excluding carboxylic acids is 2. The van der Waals surface area contributed by atoms with Gasteiger partial charge in [0.15, 0.2) is 0 Å². The number of hydrogen-bond donors (Lipinski definition) is 2. The van der Waals surface area contributed by atoms with Crippen molar-refractivity contribution in [2.75, 3.05) is 13.1 Å². The van der Waals surface area contributed by atoms with E-state index in [9.17, 15) is 9.59 Å². The van der Waals surface area contributed by atoms with Crippen LogP contribution in [0.2, 0.25) is 10.0 Å². The lowest BCUT2D eigenvalue weighted by Gasteiger charge is -2.19. The number of halogens is 2. The second kappa shape index (κ2) is 9.72. The van der Waals surface area contributed by atoms with Crippen molar-refractivity contribution in [3.63, 3.8) is 0 Å². The van der Waals surface area contributed by atoms with E-state index in [1.807, 2.05) is 30.0 Å². The Morgan fingerprint density at radius 3 is 2.40 bits per heavy atom. The number of aromatic amines is 1. The molecule has 1 unspecified atom stereocenters. The van der Waals surface area contributed by atoms with Gasteiger partial charge in [-0.3, -0.25) is 9.59 Å². The van der Waals surface area contributed by atoms with Crippen molar-refractivity contribution in [3.05, 3.63) is 98.8 Å². The van der Waals surface area contributed by atoms with Gasteiger partial charge in [0, 0.05) is 34.3 Å². The van der Waals surface area contributed by atoms with Crippen molar-refractivity contribution < 1.29 is 9.59 Å². The van der Waals surface area contributed by atoms with Gasteiger partial charge in [0.2, 0.25) is 0 Å². The third-order valence-electron chi connectivity index (χ3n) is 6.33. The summed E-state index contributed by atoms with van der Waals surface area (Å²) >= 11 is 12.2. The van der Waals surface area contributed by atoms with Crippen LogP contribution in [0.15, 0.2) is 60.7 Å². The SMILES string of the molecule is Cc1cc(C(=O)NC(c2ccc(Cl)cc2)c2nc3ccc(Cl)cc3[nH]2)ccc1C(=O)N1CCCC1. The molecule has 4 aromatic rings. The van der Waals surface area contributed by atoms with Crippen molar-refractivity contribution in [3.8, 4) is 0 Å². The van der Waals surface area contributed by atoms with E-state index in [-0.39, 0.29) is 11.8 Å². The fourth-order valence-corrected chi connectivity index (χ4v) is 4.75. The maximum absolute atomic E-state index is 13.3.